The van der Waals surface area contributed by atoms with Gasteiger partial charge in [0, 0.05) is 30.1 Å². The third-order valence-electron chi connectivity index (χ3n) is 3.11. The number of aryl methyl sites for hydroxylation is 2. The van der Waals surface area contributed by atoms with Crippen molar-refractivity contribution >= 4 is 29.2 Å². The molecule has 0 aliphatic carbocycles. The Morgan fingerprint density at radius 1 is 1.35 bits per heavy atom. The van der Waals surface area contributed by atoms with E-state index >= 15 is 0 Å². The standard InChI is InChI=1S/C13H19ClN2S/c1-10-8-11(2)15-13(12(10)9-14)16-4-3-6-17-7-5-16/h8H,3-7,9H2,1-2H3. The normalized spacial score (nSPS) is 17.0. The molecule has 4 heteroatoms. The number of halogens is 1. The number of anilines is 1. The summed E-state index contributed by atoms with van der Waals surface area (Å²) >= 11 is 8.11. The second-order valence-electron chi connectivity index (χ2n) is 4.47. The van der Waals surface area contributed by atoms with Crippen molar-refractivity contribution in [3.8, 4) is 0 Å². The van der Waals surface area contributed by atoms with Gasteiger partial charge in [-0.1, -0.05) is 0 Å². The van der Waals surface area contributed by atoms with Crippen molar-refractivity contribution in [3.63, 3.8) is 0 Å². The summed E-state index contributed by atoms with van der Waals surface area (Å²) in [7, 11) is 0. The molecule has 1 aromatic heterocycles. The Morgan fingerprint density at radius 3 is 2.94 bits per heavy atom. The van der Waals surface area contributed by atoms with E-state index in [2.05, 4.69) is 24.8 Å². The largest absolute Gasteiger partial charge is 0.355 e. The first-order valence-electron chi connectivity index (χ1n) is 6.08. The molecule has 0 aromatic carbocycles. The first-order valence-corrected chi connectivity index (χ1v) is 7.77. The van der Waals surface area contributed by atoms with Crippen LogP contribution < -0.4 is 4.90 Å². The number of hydrogen-bond acceptors (Lipinski definition) is 3. The van der Waals surface area contributed by atoms with Crippen LogP contribution in [0.2, 0.25) is 0 Å². The van der Waals surface area contributed by atoms with Gasteiger partial charge in [0.2, 0.25) is 0 Å². The average molecular weight is 271 g/mol. The van der Waals surface area contributed by atoms with Crippen LogP contribution in [0.15, 0.2) is 6.07 Å². The van der Waals surface area contributed by atoms with Gasteiger partial charge in [-0.25, -0.2) is 4.98 Å². The lowest BCUT2D eigenvalue weighted by Gasteiger charge is -2.24. The average Bonchev–Trinajstić information content (AvgIpc) is 2.56. The Labute approximate surface area is 113 Å². The third kappa shape index (κ3) is 3.08. The maximum atomic E-state index is 6.08. The van der Waals surface area contributed by atoms with E-state index in [1.54, 1.807) is 0 Å². The van der Waals surface area contributed by atoms with Crippen LogP contribution in [0.25, 0.3) is 0 Å². The molecule has 2 rings (SSSR count). The molecule has 0 N–H and O–H groups in total. The molecule has 0 bridgehead atoms. The van der Waals surface area contributed by atoms with Crippen LogP contribution in [0, 0.1) is 13.8 Å². The lowest BCUT2D eigenvalue weighted by Crippen LogP contribution is -2.28. The minimum atomic E-state index is 0.554. The SMILES string of the molecule is Cc1cc(C)c(CCl)c(N2CCCSCC2)n1. The van der Waals surface area contributed by atoms with Gasteiger partial charge in [-0.2, -0.15) is 11.8 Å². The summed E-state index contributed by atoms with van der Waals surface area (Å²) in [6.07, 6.45) is 1.24. The number of hydrogen-bond donors (Lipinski definition) is 0. The second kappa shape index (κ2) is 5.96. The fourth-order valence-electron chi connectivity index (χ4n) is 2.23. The fourth-order valence-corrected chi connectivity index (χ4v) is 3.45. The smallest absolute Gasteiger partial charge is 0.133 e. The molecule has 1 aliphatic rings. The molecule has 0 spiro atoms. The number of pyridine rings is 1. The van der Waals surface area contributed by atoms with Crippen molar-refractivity contribution in [2.24, 2.45) is 0 Å². The molecule has 0 radical (unpaired) electrons. The molecular weight excluding hydrogens is 252 g/mol. The van der Waals surface area contributed by atoms with Crippen molar-refractivity contribution < 1.29 is 0 Å². The molecule has 0 unspecified atom stereocenters. The summed E-state index contributed by atoms with van der Waals surface area (Å²) in [4.78, 5) is 7.10. The van der Waals surface area contributed by atoms with Crippen LogP contribution in [0.3, 0.4) is 0 Å². The van der Waals surface area contributed by atoms with Gasteiger partial charge in [0.1, 0.15) is 5.82 Å². The van der Waals surface area contributed by atoms with E-state index in [1.165, 1.54) is 29.1 Å². The molecule has 0 atom stereocenters. The van der Waals surface area contributed by atoms with Gasteiger partial charge in [0.15, 0.2) is 0 Å². The van der Waals surface area contributed by atoms with Crippen LogP contribution in [-0.4, -0.2) is 29.6 Å². The topological polar surface area (TPSA) is 16.1 Å². The van der Waals surface area contributed by atoms with E-state index in [9.17, 15) is 0 Å². The minimum Gasteiger partial charge on any atom is -0.355 e. The van der Waals surface area contributed by atoms with Gasteiger partial charge in [-0.3, -0.25) is 0 Å². The summed E-state index contributed by atoms with van der Waals surface area (Å²) in [5.74, 6) is 4.12. The highest BCUT2D eigenvalue weighted by Gasteiger charge is 2.16. The Morgan fingerprint density at radius 2 is 2.18 bits per heavy atom. The molecule has 1 fully saturated rings. The predicted molar refractivity (Wildman–Crippen MR) is 77.4 cm³/mol. The number of alkyl halides is 1. The van der Waals surface area contributed by atoms with Gasteiger partial charge >= 0.3 is 0 Å². The first kappa shape index (κ1) is 13.0. The van der Waals surface area contributed by atoms with E-state index in [-0.39, 0.29) is 0 Å². The number of thioether (sulfide) groups is 1. The quantitative estimate of drug-likeness (QED) is 0.767. The minimum absolute atomic E-state index is 0.554. The lowest BCUT2D eigenvalue weighted by molar-refractivity contribution is 0.792. The van der Waals surface area contributed by atoms with Crippen molar-refractivity contribution in [1.82, 2.24) is 4.98 Å². The lowest BCUT2D eigenvalue weighted by atomic mass is 10.1. The van der Waals surface area contributed by atoms with Gasteiger partial charge in [-0.15, -0.1) is 11.6 Å². The van der Waals surface area contributed by atoms with E-state index in [0.29, 0.717) is 5.88 Å². The highest BCUT2D eigenvalue weighted by Crippen LogP contribution is 2.26. The summed E-state index contributed by atoms with van der Waals surface area (Å²) < 4.78 is 0. The number of aromatic nitrogens is 1. The molecule has 2 heterocycles. The zero-order chi connectivity index (χ0) is 12.3. The van der Waals surface area contributed by atoms with Crippen LogP contribution in [0.4, 0.5) is 5.82 Å². The highest BCUT2D eigenvalue weighted by atomic mass is 35.5. The van der Waals surface area contributed by atoms with Crippen molar-refractivity contribution in [3.05, 3.63) is 22.9 Å². The highest BCUT2D eigenvalue weighted by molar-refractivity contribution is 7.99. The zero-order valence-corrected chi connectivity index (χ0v) is 12.1. The van der Waals surface area contributed by atoms with E-state index in [4.69, 9.17) is 16.6 Å². The molecule has 1 aliphatic heterocycles. The van der Waals surface area contributed by atoms with Crippen molar-refractivity contribution in [1.29, 1.82) is 0 Å². The number of nitrogens with zero attached hydrogens (tertiary/aromatic N) is 2. The third-order valence-corrected chi connectivity index (χ3v) is 4.42. The second-order valence-corrected chi connectivity index (χ2v) is 5.96. The number of rotatable bonds is 2. The molecule has 1 aromatic rings. The summed E-state index contributed by atoms with van der Waals surface area (Å²) in [6, 6.07) is 2.12. The fraction of sp³-hybridized carbons (Fsp3) is 0.615. The monoisotopic (exact) mass is 270 g/mol. The van der Waals surface area contributed by atoms with Crippen LogP contribution in [-0.2, 0) is 5.88 Å². The molecule has 0 amide bonds. The molecule has 1 saturated heterocycles. The van der Waals surface area contributed by atoms with Gasteiger partial charge in [-0.05, 0) is 37.7 Å². The van der Waals surface area contributed by atoms with Gasteiger partial charge in [0.25, 0.3) is 0 Å². The maximum Gasteiger partial charge on any atom is 0.133 e. The molecule has 0 saturated carbocycles. The van der Waals surface area contributed by atoms with E-state index in [1.807, 2.05) is 11.8 Å². The molecule has 94 valence electrons. The van der Waals surface area contributed by atoms with Gasteiger partial charge < -0.3 is 4.90 Å². The summed E-state index contributed by atoms with van der Waals surface area (Å²) in [6.45, 7) is 6.38. The van der Waals surface area contributed by atoms with E-state index in [0.717, 1.165) is 24.6 Å². The van der Waals surface area contributed by atoms with Crippen molar-refractivity contribution in [2.75, 3.05) is 29.5 Å². The van der Waals surface area contributed by atoms with E-state index < -0.39 is 0 Å². The van der Waals surface area contributed by atoms with Crippen LogP contribution >= 0.6 is 23.4 Å². The predicted octanol–water partition coefficient (Wildman–Crippen LogP) is 3.38. The Bertz CT molecular complexity index is 387. The first-order chi connectivity index (χ1) is 8.22. The molecule has 2 nitrogen and oxygen atoms in total. The van der Waals surface area contributed by atoms with Crippen LogP contribution in [0.5, 0.6) is 0 Å². The zero-order valence-electron chi connectivity index (χ0n) is 10.5. The Hall–Kier alpha value is -0.410. The van der Waals surface area contributed by atoms with Crippen LogP contribution in [0.1, 0.15) is 23.2 Å². The Balaban J connectivity index is 2.34. The maximum absolute atomic E-state index is 6.08. The van der Waals surface area contributed by atoms with Crippen molar-refractivity contribution in [2.45, 2.75) is 26.1 Å². The van der Waals surface area contributed by atoms with Gasteiger partial charge in [0.05, 0.1) is 5.88 Å². The molecule has 17 heavy (non-hydrogen) atoms. The molecular formula is C13H19ClN2S. The summed E-state index contributed by atoms with van der Waals surface area (Å²) in [5, 5.41) is 0. The Kier molecular flexibility index (Phi) is 4.57. The summed E-state index contributed by atoms with van der Waals surface area (Å²) in [5.41, 5.74) is 3.55.